The van der Waals surface area contributed by atoms with Crippen LogP contribution >= 0.6 is 0 Å². The largest absolute Gasteiger partial charge is 0.312 e. The molecule has 0 heterocycles. The maximum Gasteiger partial charge on any atom is 0.0532 e. The van der Waals surface area contributed by atoms with Gasteiger partial charge in [0.2, 0.25) is 0 Å². The van der Waals surface area contributed by atoms with Crippen molar-refractivity contribution in [3.05, 3.63) is 29.3 Å². The van der Waals surface area contributed by atoms with Crippen molar-refractivity contribution in [3.8, 4) is 0 Å². The highest BCUT2D eigenvalue weighted by Gasteiger charge is 2.10. The maximum absolute atomic E-state index is 12.2. The van der Waals surface area contributed by atoms with E-state index in [9.17, 15) is 4.21 Å². The summed E-state index contributed by atoms with van der Waals surface area (Å²) in [5.74, 6) is 0.729. The van der Waals surface area contributed by atoms with E-state index >= 15 is 0 Å². The summed E-state index contributed by atoms with van der Waals surface area (Å²) in [6.07, 6.45) is 0.942. The minimum absolute atomic E-state index is 0.140. The SMILES string of the molecule is Cc1ccc(S(=O)CCCNC(C)(C)C)c(C)c1. The number of nitrogens with one attached hydrogen (secondary N) is 1. The molecule has 0 aliphatic rings. The number of benzene rings is 1. The summed E-state index contributed by atoms with van der Waals surface area (Å²) in [6, 6.07) is 6.13. The third kappa shape index (κ3) is 5.32. The van der Waals surface area contributed by atoms with Gasteiger partial charge in [-0.2, -0.15) is 0 Å². The second kappa shape index (κ2) is 6.48. The van der Waals surface area contributed by atoms with Crippen LogP contribution in [-0.4, -0.2) is 22.0 Å². The molecule has 18 heavy (non-hydrogen) atoms. The van der Waals surface area contributed by atoms with Gasteiger partial charge in [-0.1, -0.05) is 17.7 Å². The molecule has 2 nitrogen and oxygen atoms in total. The van der Waals surface area contributed by atoms with Crippen molar-refractivity contribution in [2.45, 2.75) is 51.5 Å². The van der Waals surface area contributed by atoms with Gasteiger partial charge in [0.05, 0.1) is 10.8 Å². The van der Waals surface area contributed by atoms with Gasteiger partial charge in [-0.05, 0) is 59.2 Å². The molecule has 0 radical (unpaired) electrons. The normalized spacial score (nSPS) is 13.6. The first-order valence-corrected chi connectivity index (χ1v) is 7.82. The Balaban J connectivity index is 2.46. The van der Waals surface area contributed by atoms with Crippen LogP contribution in [0.25, 0.3) is 0 Å². The van der Waals surface area contributed by atoms with Crippen molar-refractivity contribution < 1.29 is 4.21 Å². The van der Waals surface area contributed by atoms with Crippen molar-refractivity contribution in [1.29, 1.82) is 0 Å². The van der Waals surface area contributed by atoms with E-state index in [4.69, 9.17) is 0 Å². The van der Waals surface area contributed by atoms with Gasteiger partial charge in [0.15, 0.2) is 0 Å². The summed E-state index contributed by atoms with van der Waals surface area (Å²) in [4.78, 5) is 0.983. The van der Waals surface area contributed by atoms with Crippen LogP contribution in [0.3, 0.4) is 0 Å². The summed E-state index contributed by atoms with van der Waals surface area (Å²) in [5, 5.41) is 3.42. The minimum atomic E-state index is -0.872. The van der Waals surface area contributed by atoms with E-state index in [0.717, 1.165) is 29.2 Å². The Kier molecular flexibility index (Phi) is 5.54. The molecule has 0 saturated carbocycles. The Morgan fingerprint density at radius 1 is 1.22 bits per heavy atom. The Hall–Kier alpha value is -0.670. The Morgan fingerprint density at radius 3 is 2.44 bits per heavy atom. The van der Waals surface area contributed by atoms with E-state index in [1.54, 1.807) is 0 Å². The lowest BCUT2D eigenvalue weighted by atomic mass is 10.1. The van der Waals surface area contributed by atoms with Gasteiger partial charge in [0, 0.05) is 16.2 Å². The fourth-order valence-electron chi connectivity index (χ4n) is 1.83. The van der Waals surface area contributed by atoms with Gasteiger partial charge < -0.3 is 5.32 Å². The average Bonchev–Trinajstić information content (AvgIpc) is 2.22. The lowest BCUT2D eigenvalue weighted by molar-refractivity contribution is 0.427. The Labute approximate surface area is 114 Å². The Morgan fingerprint density at radius 2 is 1.89 bits per heavy atom. The van der Waals surface area contributed by atoms with E-state index in [1.807, 2.05) is 19.1 Å². The molecule has 102 valence electrons. The van der Waals surface area contributed by atoms with Crippen molar-refractivity contribution in [3.63, 3.8) is 0 Å². The van der Waals surface area contributed by atoms with E-state index in [-0.39, 0.29) is 5.54 Å². The monoisotopic (exact) mass is 267 g/mol. The van der Waals surface area contributed by atoms with Crippen LogP contribution in [0, 0.1) is 13.8 Å². The molecule has 0 aromatic heterocycles. The molecule has 0 aliphatic carbocycles. The summed E-state index contributed by atoms with van der Waals surface area (Å²) in [5.41, 5.74) is 2.50. The molecule has 0 fully saturated rings. The predicted molar refractivity (Wildman–Crippen MR) is 79.6 cm³/mol. The molecule has 0 bridgehead atoms. The van der Waals surface area contributed by atoms with Gasteiger partial charge in [-0.3, -0.25) is 4.21 Å². The lowest BCUT2D eigenvalue weighted by Crippen LogP contribution is -2.36. The summed E-state index contributed by atoms with van der Waals surface area (Å²) < 4.78 is 12.2. The van der Waals surface area contributed by atoms with Crippen LogP contribution in [-0.2, 0) is 10.8 Å². The molecular weight excluding hydrogens is 242 g/mol. The molecule has 0 saturated heterocycles. The predicted octanol–water partition coefficient (Wildman–Crippen LogP) is 3.19. The van der Waals surface area contributed by atoms with Gasteiger partial charge in [0.25, 0.3) is 0 Å². The van der Waals surface area contributed by atoms with Crippen molar-refractivity contribution in [2.75, 3.05) is 12.3 Å². The molecule has 1 rings (SSSR count). The highest BCUT2D eigenvalue weighted by molar-refractivity contribution is 7.85. The fraction of sp³-hybridized carbons (Fsp3) is 0.600. The van der Waals surface area contributed by atoms with Gasteiger partial charge in [-0.15, -0.1) is 0 Å². The maximum atomic E-state index is 12.2. The van der Waals surface area contributed by atoms with Crippen LogP contribution in [0.4, 0.5) is 0 Å². The average molecular weight is 267 g/mol. The standard InChI is InChI=1S/C15H25NOS/c1-12-7-8-14(13(2)11-12)18(17)10-6-9-16-15(3,4)5/h7-8,11,16H,6,9-10H2,1-5H3. The molecule has 1 unspecified atom stereocenters. The summed E-state index contributed by atoms with van der Waals surface area (Å²) in [7, 11) is -0.872. The van der Waals surface area contributed by atoms with Crippen molar-refractivity contribution >= 4 is 10.8 Å². The van der Waals surface area contributed by atoms with Gasteiger partial charge in [0.1, 0.15) is 0 Å². The first kappa shape index (κ1) is 15.4. The summed E-state index contributed by atoms with van der Waals surface area (Å²) >= 11 is 0. The fourth-order valence-corrected chi connectivity index (χ4v) is 3.10. The second-order valence-electron chi connectivity index (χ2n) is 5.85. The van der Waals surface area contributed by atoms with Crippen LogP contribution in [0.15, 0.2) is 23.1 Å². The van der Waals surface area contributed by atoms with E-state index in [0.29, 0.717) is 0 Å². The summed E-state index contributed by atoms with van der Waals surface area (Å²) in [6.45, 7) is 11.5. The molecule has 0 amide bonds. The zero-order valence-electron chi connectivity index (χ0n) is 12.2. The van der Waals surface area contributed by atoms with Crippen LogP contribution in [0.5, 0.6) is 0 Å². The van der Waals surface area contributed by atoms with E-state index in [2.05, 4.69) is 39.1 Å². The number of hydrogen-bond acceptors (Lipinski definition) is 2. The van der Waals surface area contributed by atoms with Gasteiger partial charge >= 0.3 is 0 Å². The Bertz CT molecular complexity index is 421. The topological polar surface area (TPSA) is 29.1 Å². The first-order chi connectivity index (χ1) is 8.29. The van der Waals surface area contributed by atoms with E-state index in [1.165, 1.54) is 5.56 Å². The first-order valence-electron chi connectivity index (χ1n) is 6.50. The zero-order valence-corrected chi connectivity index (χ0v) is 13.0. The molecule has 1 aromatic rings. The molecular formula is C15H25NOS. The van der Waals surface area contributed by atoms with Crippen molar-refractivity contribution in [2.24, 2.45) is 0 Å². The number of aryl methyl sites for hydroxylation is 2. The molecule has 1 N–H and O–H groups in total. The molecule has 0 aliphatic heterocycles. The molecule has 3 heteroatoms. The highest BCUT2D eigenvalue weighted by Crippen LogP contribution is 2.15. The third-order valence-electron chi connectivity index (χ3n) is 2.74. The number of rotatable bonds is 5. The zero-order chi connectivity index (χ0) is 13.8. The highest BCUT2D eigenvalue weighted by atomic mass is 32.2. The molecule has 1 atom stereocenters. The lowest BCUT2D eigenvalue weighted by Gasteiger charge is -2.20. The smallest absolute Gasteiger partial charge is 0.0532 e. The quantitative estimate of drug-likeness (QED) is 0.830. The van der Waals surface area contributed by atoms with Crippen LogP contribution < -0.4 is 5.32 Å². The van der Waals surface area contributed by atoms with Crippen molar-refractivity contribution in [1.82, 2.24) is 5.32 Å². The number of hydrogen-bond donors (Lipinski definition) is 1. The second-order valence-corrected chi connectivity index (χ2v) is 7.39. The van der Waals surface area contributed by atoms with Gasteiger partial charge in [-0.25, -0.2) is 0 Å². The molecule has 1 aromatic carbocycles. The molecule has 0 spiro atoms. The minimum Gasteiger partial charge on any atom is -0.312 e. The van der Waals surface area contributed by atoms with E-state index < -0.39 is 10.8 Å². The van der Waals surface area contributed by atoms with Crippen LogP contribution in [0.1, 0.15) is 38.3 Å². The van der Waals surface area contributed by atoms with Crippen LogP contribution in [0.2, 0.25) is 0 Å². The third-order valence-corrected chi connectivity index (χ3v) is 4.35.